The summed E-state index contributed by atoms with van der Waals surface area (Å²) in [6.45, 7) is 8.32. The summed E-state index contributed by atoms with van der Waals surface area (Å²) in [5, 5.41) is 2.92. The molecule has 1 aromatic heterocycles. The summed E-state index contributed by atoms with van der Waals surface area (Å²) in [6, 6.07) is 7.43. The van der Waals surface area contributed by atoms with E-state index in [0.717, 1.165) is 5.56 Å². The molecule has 1 amide bonds. The van der Waals surface area contributed by atoms with E-state index in [4.69, 9.17) is 14.9 Å². The number of aryl methyl sites for hydroxylation is 1. The maximum absolute atomic E-state index is 12.7. The van der Waals surface area contributed by atoms with E-state index in [1.165, 1.54) is 0 Å². The molecule has 3 rings (SSSR count). The third-order valence-electron chi connectivity index (χ3n) is 5.28. The first-order chi connectivity index (χ1) is 11.8. The number of rotatable bonds is 5. The first-order valence-electron chi connectivity index (χ1n) is 8.52. The molecule has 3 N–H and O–H groups in total. The largest absolute Gasteiger partial charge is 0.441 e. The fourth-order valence-electron chi connectivity index (χ4n) is 3.28. The molecule has 2 aromatic rings. The molecule has 0 aliphatic heterocycles. The molecule has 0 saturated heterocycles. The zero-order valence-corrected chi connectivity index (χ0v) is 16.4. The molecule has 26 heavy (non-hydrogen) atoms. The molecule has 1 fully saturated rings. The van der Waals surface area contributed by atoms with Gasteiger partial charge in [0.2, 0.25) is 5.91 Å². The fourth-order valence-corrected chi connectivity index (χ4v) is 3.28. The van der Waals surface area contributed by atoms with Crippen molar-refractivity contribution >= 4 is 24.0 Å². The SMILES string of the molecule is CCOC1CC(N)(C(=O)Nc2ccc(-c3cnc(C)o3)cc2)C1(C)C.Cl. The number of nitrogens with one attached hydrogen (secondary N) is 1. The summed E-state index contributed by atoms with van der Waals surface area (Å²) in [5.41, 5.74) is 6.66. The first kappa shape index (κ1) is 20.4. The van der Waals surface area contributed by atoms with Crippen LogP contribution in [0, 0.1) is 12.3 Å². The lowest BCUT2D eigenvalue weighted by Crippen LogP contribution is -2.74. The Labute approximate surface area is 159 Å². The predicted octanol–water partition coefficient (Wildman–Crippen LogP) is 3.54. The maximum Gasteiger partial charge on any atom is 0.245 e. The Bertz CT molecular complexity index is 773. The van der Waals surface area contributed by atoms with Crippen LogP contribution in [0.15, 0.2) is 34.9 Å². The summed E-state index contributed by atoms with van der Waals surface area (Å²) in [4.78, 5) is 16.8. The van der Waals surface area contributed by atoms with Gasteiger partial charge in [-0.25, -0.2) is 4.98 Å². The van der Waals surface area contributed by atoms with Gasteiger partial charge in [-0.05, 0) is 31.2 Å². The monoisotopic (exact) mass is 379 g/mol. The van der Waals surface area contributed by atoms with Crippen LogP contribution in [0.3, 0.4) is 0 Å². The molecule has 0 radical (unpaired) electrons. The topological polar surface area (TPSA) is 90.4 Å². The first-order valence-corrected chi connectivity index (χ1v) is 8.52. The van der Waals surface area contributed by atoms with Gasteiger partial charge < -0.3 is 20.2 Å². The van der Waals surface area contributed by atoms with Crippen LogP contribution in [0.1, 0.15) is 33.1 Å². The second-order valence-electron chi connectivity index (χ2n) is 7.12. The van der Waals surface area contributed by atoms with Gasteiger partial charge in [-0.15, -0.1) is 12.4 Å². The Morgan fingerprint density at radius 3 is 2.54 bits per heavy atom. The Morgan fingerprint density at radius 1 is 1.38 bits per heavy atom. The van der Waals surface area contributed by atoms with E-state index in [1.807, 2.05) is 45.0 Å². The molecule has 1 aromatic carbocycles. The molecule has 0 bridgehead atoms. The van der Waals surface area contributed by atoms with Crippen LogP contribution < -0.4 is 11.1 Å². The molecule has 6 nitrogen and oxygen atoms in total. The van der Waals surface area contributed by atoms with Gasteiger partial charge in [0.15, 0.2) is 11.7 Å². The van der Waals surface area contributed by atoms with Gasteiger partial charge in [-0.3, -0.25) is 4.79 Å². The van der Waals surface area contributed by atoms with Crippen LogP contribution in [0.5, 0.6) is 0 Å². The van der Waals surface area contributed by atoms with E-state index in [9.17, 15) is 4.79 Å². The highest BCUT2D eigenvalue weighted by molar-refractivity contribution is 5.99. The van der Waals surface area contributed by atoms with Gasteiger partial charge in [0, 0.05) is 36.6 Å². The van der Waals surface area contributed by atoms with Gasteiger partial charge in [0.1, 0.15) is 5.54 Å². The molecular formula is C19H26ClN3O3. The van der Waals surface area contributed by atoms with Gasteiger partial charge in [-0.1, -0.05) is 13.8 Å². The molecule has 1 aliphatic carbocycles. The second kappa shape index (κ2) is 7.39. The van der Waals surface area contributed by atoms with Crippen LogP contribution >= 0.6 is 12.4 Å². The number of ether oxygens (including phenoxy) is 1. The number of nitrogens with two attached hydrogens (primary N) is 1. The molecule has 2 unspecified atom stereocenters. The summed E-state index contributed by atoms with van der Waals surface area (Å²) < 4.78 is 11.2. The number of carbonyl (C=O) groups excluding carboxylic acids is 1. The van der Waals surface area contributed by atoms with Gasteiger partial charge in [-0.2, -0.15) is 0 Å². The average molecular weight is 380 g/mol. The fraction of sp³-hybridized carbons (Fsp3) is 0.474. The number of hydrogen-bond donors (Lipinski definition) is 2. The number of aromatic nitrogens is 1. The van der Waals surface area contributed by atoms with Crippen molar-refractivity contribution in [3.05, 3.63) is 36.4 Å². The zero-order chi connectivity index (χ0) is 18.2. The van der Waals surface area contributed by atoms with Crippen molar-refractivity contribution in [1.29, 1.82) is 0 Å². The van der Waals surface area contributed by atoms with Crippen LogP contribution in [0.4, 0.5) is 5.69 Å². The highest BCUT2D eigenvalue weighted by atomic mass is 35.5. The number of halogens is 1. The van der Waals surface area contributed by atoms with E-state index in [2.05, 4.69) is 10.3 Å². The number of anilines is 1. The van der Waals surface area contributed by atoms with E-state index >= 15 is 0 Å². The number of benzene rings is 1. The minimum atomic E-state index is -0.937. The van der Waals surface area contributed by atoms with E-state index in [1.54, 1.807) is 13.1 Å². The standard InChI is InChI=1S/C19H25N3O3.ClH/c1-5-24-16-10-19(20,18(16,3)4)17(23)22-14-8-6-13(7-9-14)15-11-21-12(2)25-15;/h6-9,11,16H,5,10,20H2,1-4H3,(H,22,23);1H. The summed E-state index contributed by atoms with van der Waals surface area (Å²) in [5.74, 6) is 1.13. The Hall–Kier alpha value is -1.89. The van der Waals surface area contributed by atoms with Crippen molar-refractivity contribution in [3.63, 3.8) is 0 Å². The predicted molar refractivity (Wildman–Crippen MR) is 103 cm³/mol. The molecule has 2 atom stereocenters. The highest BCUT2D eigenvalue weighted by Gasteiger charge is 2.62. The van der Waals surface area contributed by atoms with Crippen molar-refractivity contribution in [1.82, 2.24) is 4.98 Å². The summed E-state index contributed by atoms with van der Waals surface area (Å²) in [6.07, 6.45) is 2.21. The van der Waals surface area contributed by atoms with Gasteiger partial charge in [0.05, 0.1) is 12.3 Å². The molecule has 1 saturated carbocycles. The van der Waals surface area contributed by atoms with E-state index in [0.29, 0.717) is 30.4 Å². The number of hydrogen-bond acceptors (Lipinski definition) is 5. The average Bonchev–Trinajstić information content (AvgIpc) is 3.01. The van der Waals surface area contributed by atoms with Crippen molar-refractivity contribution in [2.45, 2.75) is 45.8 Å². The van der Waals surface area contributed by atoms with Crippen LogP contribution in [-0.4, -0.2) is 29.1 Å². The number of oxazole rings is 1. The van der Waals surface area contributed by atoms with Crippen LogP contribution in [-0.2, 0) is 9.53 Å². The number of carbonyl (C=O) groups is 1. The second-order valence-corrected chi connectivity index (χ2v) is 7.12. The minimum absolute atomic E-state index is 0. The Kier molecular flexibility index (Phi) is 5.80. The van der Waals surface area contributed by atoms with E-state index < -0.39 is 11.0 Å². The van der Waals surface area contributed by atoms with Crippen molar-refractivity contribution < 1.29 is 13.9 Å². The normalized spacial score (nSPS) is 23.7. The minimum Gasteiger partial charge on any atom is -0.441 e. The molecule has 7 heteroatoms. The van der Waals surface area contributed by atoms with Crippen LogP contribution in [0.25, 0.3) is 11.3 Å². The summed E-state index contributed by atoms with van der Waals surface area (Å²) >= 11 is 0. The Balaban J connectivity index is 0.00000243. The lowest BCUT2D eigenvalue weighted by atomic mass is 9.54. The van der Waals surface area contributed by atoms with Gasteiger partial charge in [0.25, 0.3) is 0 Å². The maximum atomic E-state index is 12.7. The molecular weight excluding hydrogens is 354 g/mol. The number of amides is 1. The quantitative estimate of drug-likeness (QED) is 0.829. The smallest absolute Gasteiger partial charge is 0.245 e. The van der Waals surface area contributed by atoms with Crippen molar-refractivity contribution in [2.24, 2.45) is 11.1 Å². The van der Waals surface area contributed by atoms with Crippen molar-refractivity contribution in [3.8, 4) is 11.3 Å². The molecule has 1 aliphatic rings. The Morgan fingerprint density at radius 2 is 2.04 bits per heavy atom. The lowest BCUT2D eigenvalue weighted by molar-refractivity contribution is -0.166. The molecule has 142 valence electrons. The zero-order valence-electron chi connectivity index (χ0n) is 15.5. The molecule has 1 heterocycles. The van der Waals surface area contributed by atoms with Crippen molar-refractivity contribution in [2.75, 3.05) is 11.9 Å². The molecule has 0 spiro atoms. The third-order valence-corrected chi connectivity index (χ3v) is 5.28. The summed E-state index contributed by atoms with van der Waals surface area (Å²) in [7, 11) is 0. The third kappa shape index (κ3) is 3.37. The van der Waals surface area contributed by atoms with E-state index in [-0.39, 0.29) is 24.4 Å². The van der Waals surface area contributed by atoms with Crippen LogP contribution in [0.2, 0.25) is 0 Å². The lowest BCUT2D eigenvalue weighted by Gasteiger charge is -2.57. The number of nitrogens with zero attached hydrogens (tertiary/aromatic N) is 1. The van der Waals surface area contributed by atoms with Gasteiger partial charge >= 0.3 is 0 Å². The highest BCUT2D eigenvalue weighted by Crippen LogP contribution is 2.50.